The molecule has 1 aromatic heterocycles. The van der Waals surface area contributed by atoms with Crippen LogP contribution in [0.5, 0.6) is 5.75 Å². The quantitative estimate of drug-likeness (QED) is 0.864. The lowest BCUT2D eigenvalue weighted by Crippen LogP contribution is -2.13. The third-order valence-corrected chi connectivity index (χ3v) is 2.90. The van der Waals surface area contributed by atoms with E-state index in [1.54, 1.807) is 36.4 Å². The average Bonchev–Trinajstić information content (AvgIpc) is 2.47. The van der Waals surface area contributed by atoms with Crippen LogP contribution in [0.2, 0.25) is 0 Å². The highest BCUT2D eigenvalue weighted by Gasteiger charge is 2.07. The highest BCUT2D eigenvalue weighted by Crippen LogP contribution is 2.16. The van der Waals surface area contributed by atoms with E-state index in [9.17, 15) is 9.59 Å². The number of carboxylic acids is 1. The van der Waals surface area contributed by atoms with Crippen LogP contribution in [0.1, 0.15) is 10.5 Å². The number of hydrogen-bond acceptors (Lipinski definition) is 4. The monoisotopic (exact) mass is 350 g/mol. The van der Waals surface area contributed by atoms with E-state index in [0.717, 1.165) is 4.47 Å². The smallest absolute Gasteiger partial charge is 0.341 e. The molecule has 2 rings (SSSR count). The van der Waals surface area contributed by atoms with E-state index >= 15 is 0 Å². The van der Waals surface area contributed by atoms with Gasteiger partial charge in [-0.3, -0.25) is 4.79 Å². The number of carboxylic acid groups (broad SMARTS) is 1. The fraction of sp³-hybridized carbons (Fsp3) is 0.0714. The van der Waals surface area contributed by atoms with Gasteiger partial charge < -0.3 is 15.2 Å². The van der Waals surface area contributed by atoms with Crippen molar-refractivity contribution in [1.29, 1.82) is 0 Å². The number of amides is 1. The molecule has 0 saturated carbocycles. The lowest BCUT2D eigenvalue weighted by Gasteiger charge is -2.07. The molecule has 0 aliphatic heterocycles. The average molecular weight is 351 g/mol. The second-order valence-electron chi connectivity index (χ2n) is 4.02. The predicted octanol–water partition coefficient (Wildman–Crippen LogP) is 2.56. The lowest BCUT2D eigenvalue weighted by atomic mass is 10.3. The van der Waals surface area contributed by atoms with E-state index in [0.29, 0.717) is 17.1 Å². The summed E-state index contributed by atoms with van der Waals surface area (Å²) in [4.78, 5) is 26.3. The molecule has 21 heavy (non-hydrogen) atoms. The van der Waals surface area contributed by atoms with Gasteiger partial charge in [0, 0.05) is 16.4 Å². The van der Waals surface area contributed by atoms with Crippen molar-refractivity contribution in [2.24, 2.45) is 0 Å². The Morgan fingerprint density at radius 1 is 1.19 bits per heavy atom. The number of nitrogens with one attached hydrogen (secondary N) is 1. The first kappa shape index (κ1) is 15.0. The first-order valence-electron chi connectivity index (χ1n) is 5.92. The van der Waals surface area contributed by atoms with Gasteiger partial charge in [-0.15, -0.1) is 0 Å². The van der Waals surface area contributed by atoms with Gasteiger partial charge in [0.05, 0.1) is 0 Å². The standard InChI is InChI=1S/C14H11BrN2O4/c15-9-1-6-12(16-7-9)14(20)17-10-2-4-11(5-3-10)21-8-13(18)19/h1-7H,8H2,(H,17,20)(H,18,19). The Labute approximate surface area is 128 Å². The second-order valence-corrected chi connectivity index (χ2v) is 4.94. The predicted molar refractivity (Wildman–Crippen MR) is 79.5 cm³/mol. The largest absolute Gasteiger partial charge is 0.482 e. The van der Waals surface area contributed by atoms with Crippen LogP contribution in [0.25, 0.3) is 0 Å². The van der Waals surface area contributed by atoms with E-state index in [4.69, 9.17) is 9.84 Å². The van der Waals surface area contributed by atoms with E-state index in [2.05, 4.69) is 26.2 Å². The number of benzene rings is 1. The molecule has 7 heteroatoms. The van der Waals surface area contributed by atoms with Gasteiger partial charge in [0.25, 0.3) is 5.91 Å². The molecule has 108 valence electrons. The van der Waals surface area contributed by atoms with E-state index in [1.807, 2.05) is 0 Å². The van der Waals surface area contributed by atoms with Gasteiger partial charge in [-0.25, -0.2) is 9.78 Å². The summed E-state index contributed by atoms with van der Waals surface area (Å²) in [6.45, 7) is -0.408. The van der Waals surface area contributed by atoms with Crippen molar-refractivity contribution in [3.05, 3.63) is 52.8 Å². The Hall–Kier alpha value is -2.41. The minimum absolute atomic E-state index is 0.296. The topological polar surface area (TPSA) is 88.5 Å². The molecule has 0 spiro atoms. The number of aromatic nitrogens is 1. The molecule has 1 aromatic carbocycles. The number of carbonyl (C=O) groups excluding carboxylic acids is 1. The number of anilines is 1. The lowest BCUT2D eigenvalue weighted by molar-refractivity contribution is -0.139. The maximum absolute atomic E-state index is 11.9. The summed E-state index contributed by atoms with van der Waals surface area (Å²) < 4.78 is 5.79. The summed E-state index contributed by atoms with van der Waals surface area (Å²) >= 11 is 3.24. The van der Waals surface area contributed by atoms with Crippen LogP contribution in [0.3, 0.4) is 0 Å². The minimum atomic E-state index is -1.05. The Kier molecular flexibility index (Phi) is 4.89. The SMILES string of the molecule is O=C(O)COc1ccc(NC(=O)c2ccc(Br)cn2)cc1. The van der Waals surface area contributed by atoms with Gasteiger partial charge in [0.1, 0.15) is 11.4 Å². The highest BCUT2D eigenvalue weighted by molar-refractivity contribution is 9.10. The van der Waals surface area contributed by atoms with Gasteiger partial charge in [-0.1, -0.05) is 0 Å². The Morgan fingerprint density at radius 3 is 2.48 bits per heavy atom. The third kappa shape index (κ3) is 4.57. The Bertz CT molecular complexity index is 641. The molecule has 0 saturated heterocycles. The van der Waals surface area contributed by atoms with Gasteiger partial charge in [0.15, 0.2) is 6.61 Å². The van der Waals surface area contributed by atoms with Crippen molar-refractivity contribution < 1.29 is 19.4 Å². The van der Waals surface area contributed by atoms with Crippen molar-refractivity contribution in [3.63, 3.8) is 0 Å². The molecule has 0 unspecified atom stereocenters. The number of rotatable bonds is 5. The van der Waals surface area contributed by atoms with E-state index in [1.165, 1.54) is 6.20 Å². The van der Waals surface area contributed by atoms with Gasteiger partial charge in [-0.2, -0.15) is 0 Å². The third-order valence-electron chi connectivity index (χ3n) is 2.43. The number of pyridine rings is 1. The Morgan fingerprint density at radius 2 is 1.90 bits per heavy atom. The van der Waals surface area contributed by atoms with Crippen LogP contribution in [-0.4, -0.2) is 28.6 Å². The van der Waals surface area contributed by atoms with Crippen LogP contribution in [0, 0.1) is 0 Å². The zero-order valence-electron chi connectivity index (χ0n) is 10.7. The molecule has 2 aromatic rings. The second kappa shape index (κ2) is 6.85. The summed E-state index contributed by atoms with van der Waals surface area (Å²) in [5, 5.41) is 11.2. The molecule has 1 amide bonds. The molecule has 0 atom stereocenters. The first-order valence-corrected chi connectivity index (χ1v) is 6.71. The van der Waals surface area contributed by atoms with Gasteiger partial charge >= 0.3 is 5.97 Å². The molecule has 2 N–H and O–H groups in total. The number of ether oxygens (including phenoxy) is 1. The molecule has 0 aliphatic carbocycles. The molecular weight excluding hydrogens is 340 g/mol. The van der Waals surface area contributed by atoms with Crippen molar-refractivity contribution in [1.82, 2.24) is 4.98 Å². The van der Waals surface area contributed by atoms with Gasteiger partial charge in [-0.05, 0) is 52.3 Å². The van der Waals surface area contributed by atoms with E-state index in [-0.39, 0.29) is 5.91 Å². The summed E-state index contributed by atoms with van der Waals surface area (Å²) in [6, 6.07) is 9.72. The van der Waals surface area contributed by atoms with Crippen LogP contribution in [-0.2, 0) is 4.79 Å². The Balaban J connectivity index is 1.98. The summed E-state index contributed by atoms with van der Waals surface area (Å²) in [5.41, 5.74) is 0.858. The number of hydrogen-bond donors (Lipinski definition) is 2. The molecule has 1 heterocycles. The van der Waals surface area contributed by atoms with Crippen molar-refractivity contribution in [2.45, 2.75) is 0 Å². The number of aliphatic carboxylic acids is 1. The van der Waals surface area contributed by atoms with Crippen molar-refractivity contribution >= 4 is 33.5 Å². The van der Waals surface area contributed by atoms with Crippen LogP contribution in [0.15, 0.2) is 47.1 Å². The summed E-state index contributed by atoms with van der Waals surface area (Å²) in [5.74, 6) is -0.965. The molecule has 0 bridgehead atoms. The summed E-state index contributed by atoms with van der Waals surface area (Å²) in [6.07, 6.45) is 1.54. The molecule has 6 nitrogen and oxygen atoms in total. The number of carbonyl (C=O) groups is 2. The van der Waals surface area contributed by atoms with Crippen LogP contribution >= 0.6 is 15.9 Å². The summed E-state index contributed by atoms with van der Waals surface area (Å²) in [7, 11) is 0. The normalized spacial score (nSPS) is 9.95. The van der Waals surface area contributed by atoms with Gasteiger partial charge in [0.2, 0.25) is 0 Å². The highest BCUT2D eigenvalue weighted by atomic mass is 79.9. The van der Waals surface area contributed by atoms with E-state index < -0.39 is 12.6 Å². The zero-order chi connectivity index (χ0) is 15.2. The first-order chi connectivity index (χ1) is 10.0. The fourth-order valence-corrected chi connectivity index (χ4v) is 1.72. The number of halogens is 1. The van der Waals surface area contributed by atoms with Crippen LogP contribution in [0.4, 0.5) is 5.69 Å². The molecule has 0 aliphatic rings. The zero-order valence-corrected chi connectivity index (χ0v) is 12.3. The maximum atomic E-state index is 11.9. The number of nitrogens with zero attached hydrogens (tertiary/aromatic N) is 1. The van der Waals surface area contributed by atoms with Crippen molar-refractivity contribution in [3.8, 4) is 5.75 Å². The van der Waals surface area contributed by atoms with Crippen molar-refractivity contribution in [2.75, 3.05) is 11.9 Å². The van der Waals surface area contributed by atoms with Crippen LogP contribution < -0.4 is 10.1 Å². The molecular formula is C14H11BrN2O4. The molecule has 0 fully saturated rings. The minimum Gasteiger partial charge on any atom is -0.482 e. The fourth-order valence-electron chi connectivity index (χ4n) is 1.48. The maximum Gasteiger partial charge on any atom is 0.341 e. The molecule has 0 radical (unpaired) electrons.